The Morgan fingerprint density at radius 3 is 2.72 bits per heavy atom. The van der Waals surface area contributed by atoms with Gasteiger partial charge in [-0.15, -0.1) is 11.3 Å². The van der Waals surface area contributed by atoms with Crippen molar-refractivity contribution in [3.05, 3.63) is 39.3 Å². The molecule has 2 aromatic rings. The predicted molar refractivity (Wildman–Crippen MR) is 76.7 cm³/mol. The minimum absolute atomic E-state index is 0.0859. The Hall–Kier alpha value is -1.46. The second kappa shape index (κ2) is 5.04. The van der Waals surface area contributed by atoms with E-state index >= 15 is 0 Å². The fourth-order valence-electron chi connectivity index (χ4n) is 1.76. The summed E-state index contributed by atoms with van der Waals surface area (Å²) >= 11 is 7.40. The Labute approximate surface area is 114 Å². The molecule has 0 bridgehead atoms. The molecule has 18 heavy (non-hydrogen) atoms. The summed E-state index contributed by atoms with van der Waals surface area (Å²) in [6.45, 7) is 0.568. The third kappa shape index (κ3) is 2.37. The molecule has 3 nitrogen and oxygen atoms in total. The van der Waals surface area contributed by atoms with E-state index in [1.165, 1.54) is 6.07 Å². The van der Waals surface area contributed by atoms with E-state index in [1.807, 2.05) is 17.5 Å². The van der Waals surface area contributed by atoms with Gasteiger partial charge >= 0.3 is 0 Å². The second-order valence-corrected chi connectivity index (χ2v) is 5.38. The van der Waals surface area contributed by atoms with Gasteiger partial charge in [-0.05, 0) is 17.5 Å². The predicted octanol–water partition coefficient (Wildman–Crippen LogP) is 3.34. The topological polar surface area (TPSA) is 55.3 Å². The van der Waals surface area contributed by atoms with Crippen LogP contribution in [0.4, 0.5) is 21.5 Å². The van der Waals surface area contributed by atoms with Crippen LogP contribution in [-0.4, -0.2) is 7.05 Å². The Kier molecular flexibility index (Phi) is 3.63. The number of hydrogen-bond acceptors (Lipinski definition) is 4. The number of halogens is 2. The molecule has 0 saturated heterocycles. The van der Waals surface area contributed by atoms with Gasteiger partial charge in [-0.1, -0.05) is 17.7 Å². The van der Waals surface area contributed by atoms with E-state index in [2.05, 4.69) is 0 Å². The zero-order valence-electron chi connectivity index (χ0n) is 9.78. The third-order valence-corrected chi connectivity index (χ3v) is 3.84. The van der Waals surface area contributed by atoms with Crippen LogP contribution in [0, 0.1) is 5.82 Å². The summed E-state index contributed by atoms with van der Waals surface area (Å²) in [5.74, 6) is -0.576. The van der Waals surface area contributed by atoms with Crippen molar-refractivity contribution in [2.75, 3.05) is 23.4 Å². The van der Waals surface area contributed by atoms with Crippen LogP contribution in [0.15, 0.2) is 23.6 Å². The lowest BCUT2D eigenvalue weighted by molar-refractivity contribution is 0.624. The molecule has 1 heterocycles. The molecule has 1 aromatic carbocycles. The van der Waals surface area contributed by atoms with Gasteiger partial charge in [0.05, 0.1) is 23.6 Å². The van der Waals surface area contributed by atoms with E-state index in [0.717, 1.165) is 4.88 Å². The van der Waals surface area contributed by atoms with E-state index in [0.29, 0.717) is 6.54 Å². The van der Waals surface area contributed by atoms with Crippen LogP contribution in [0.3, 0.4) is 0 Å². The minimum Gasteiger partial charge on any atom is -0.397 e. The van der Waals surface area contributed by atoms with Gasteiger partial charge in [0, 0.05) is 11.9 Å². The highest BCUT2D eigenvalue weighted by atomic mass is 35.5. The Morgan fingerprint density at radius 2 is 2.11 bits per heavy atom. The van der Waals surface area contributed by atoms with Crippen molar-refractivity contribution in [3.63, 3.8) is 0 Å². The summed E-state index contributed by atoms with van der Waals surface area (Å²) in [5.41, 5.74) is 12.1. The van der Waals surface area contributed by atoms with Crippen LogP contribution in [0.25, 0.3) is 0 Å². The van der Waals surface area contributed by atoms with Crippen molar-refractivity contribution in [2.45, 2.75) is 6.54 Å². The first-order chi connectivity index (χ1) is 8.50. The van der Waals surface area contributed by atoms with Gasteiger partial charge in [0.1, 0.15) is 5.02 Å². The molecule has 6 heteroatoms. The smallest absolute Gasteiger partial charge is 0.169 e. The van der Waals surface area contributed by atoms with Gasteiger partial charge in [-0.3, -0.25) is 0 Å². The highest BCUT2D eigenvalue weighted by Crippen LogP contribution is 2.36. The Bertz CT molecular complexity index is 557. The average Bonchev–Trinajstić information content (AvgIpc) is 2.78. The highest BCUT2D eigenvalue weighted by molar-refractivity contribution is 7.09. The molecule has 4 N–H and O–H groups in total. The molecule has 0 aliphatic rings. The zero-order chi connectivity index (χ0) is 13.3. The summed E-state index contributed by atoms with van der Waals surface area (Å²) in [5, 5.41) is 1.89. The molecule has 0 atom stereocenters. The maximum absolute atomic E-state index is 14.1. The van der Waals surface area contributed by atoms with Gasteiger partial charge in [-0.25, -0.2) is 4.39 Å². The van der Waals surface area contributed by atoms with Crippen LogP contribution in [-0.2, 0) is 6.54 Å². The highest BCUT2D eigenvalue weighted by Gasteiger charge is 2.17. The molecule has 2 rings (SSSR count). The lowest BCUT2D eigenvalue weighted by atomic mass is 10.2. The Balaban J connectivity index is 2.36. The van der Waals surface area contributed by atoms with Gasteiger partial charge in [0.25, 0.3) is 0 Å². The van der Waals surface area contributed by atoms with Crippen molar-refractivity contribution in [1.29, 1.82) is 0 Å². The average molecular weight is 286 g/mol. The van der Waals surface area contributed by atoms with Crippen LogP contribution in [0.5, 0.6) is 0 Å². The first kappa shape index (κ1) is 13.0. The van der Waals surface area contributed by atoms with Gasteiger partial charge in [0.15, 0.2) is 5.82 Å². The monoisotopic (exact) mass is 285 g/mol. The number of nitrogens with zero attached hydrogens (tertiary/aromatic N) is 1. The summed E-state index contributed by atoms with van der Waals surface area (Å²) in [6.07, 6.45) is 0. The SMILES string of the molecule is CN(Cc1cccs1)c1c(N)cc(N)c(Cl)c1F. The van der Waals surface area contributed by atoms with E-state index in [4.69, 9.17) is 23.1 Å². The van der Waals surface area contributed by atoms with Crippen molar-refractivity contribution in [1.82, 2.24) is 0 Å². The van der Waals surface area contributed by atoms with Crippen LogP contribution in [0.2, 0.25) is 5.02 Å². The molecule has 0 unspecified atom stereocenters. The van der Waals surface area contributed by atoms with E-state index in [9.17, 15) is 4.39 Å². The fraction of sp³-hybridized carbons (Fsp3) is 0.167. The standard InChI is InChI=1S/C12H13ClFN3S/c1-17(6-7-3-2-4-18-7)12-9(16)5-8(15)10(13)11(12)14/h2-5H,6,15-16H2,1H3. The number of hydrogen-bond donors (Lipinski definition) is 2. The molecule has 0 spiro atoms. The number of thiophene rings is 1. The lowest BCUT2D eigenvalue weighted by Gasteiger charge is -2.22. The molecule has 0 aliphatic carbocycles. The van der Waals surface area contributed by atoms with Crippen molar-refractivity contribution >= 4 is 40.0 Å². The van der Waals surface area contributed by atoms with E-state index in [1.54, 1.807) is 23.3 Å². The minimum atomic E-state index is -0.576. The fourth-order valence-corrected chi connectivity index (χ4v) is 2.66. The molecule has 1 aromatic heterocycles. The molecule has 0 saturated carbocycles. The number of nitrogens with two attached hydrogens (primary N) is 2. The second-order valence-electron chi connectivity index (χ2n) is 3.97. The number of nitrogen functional groups attached to an aromatic ring is 2. The normalized spacial score (nSPS) is 10.6. The van der Waals surface area contributed by atoms with Gasteiger partial charge < -0.3 is 16.4 Å². The zero-order valence-corrected chi connectivity index (χ0v) is 11.4. The molecule has 0 amide bonds. The number of rotatable bonds is 3. The molecule has 96 valence electrons. The van der Waals surface area contributed by atoms with Crippen LogP contribution >= 0.6 is 22.9 Å². The number of benzene rings is 1. The van der Waals surface area contributed by atoms with Crippen LogP contribution in [0.1, 0.15) is 4.88 Å². The molecule has 0 fully saturated rings. The first-order valence-corrected chi connectivity index (χ1v) is 6.53. The van der Waals surface area contributed by atoms with Crippen molar-refractivity contribution < 1.29 is 4.39 Å². The Morgan fingerprint density at radius 1 is 1.39 bits per heavy atom. The van der Waals surface area contributed by atoms with Gasteiger partial charge in [0.2, 0.25) is 0 Å². The molecule has 0 aliphatic heterocycles. The molecular weight excluding hydrogens is 273 g/mol. The summed E-state index contributed by atoms with van der Waals surface area (Å²) < 4.78 is 14.1. The lowest BCUT2D eigenvalue weighted by Crippen LogP contribution is -2.19. The molecule has 0 radical (unpaired) electrons. The molecular formula is C12H13ClFN3S. The summed E-state index contributed by atoms with van der Waals surface area (Å²) in [6, 6.07) is 5.41. The third-order valence-electron chi connectivity index (χ3n) is 2.59. The van der Waals surface area contributed by atoms with Crippen molar-refractivity contribution in [2.24, 2.45) is 0 Å². The summed E-state index contributed by atoms with van der Waals surface area (Å²) in [7, 11) is 1.76. The van der Waals surface area contributed by atoms with Gasteiger partial charge in [-0.2, -0.15) is 0 Å². The maximum atomic E-state index is 14.1. The van der Waals surface area contributed by atoms with Crippen molar-refractivity contribution in [3.8, 4) is 0 Å². The quantitative estimate of drug-likeness (QED) is 0.851. The van der Waals surface area contributed by atoms with Crippen LogP contribution < -0.4 is 16.4 Å². The maximum Gasteiger partial charge on any atom is 0.169 e. The first-order valence-electron chi connectivity index (χ1n) is 5.27. The largest absolute Gasteiger partial charge is 0.397 e. The summed E-state index contributed by atoms with van der Waals surface area (Å²) in [4.78, 5) is 2.84. The van der Waals surface area contributed by atoms with E-state index < -0.39 is 5.82 Å². The van der Waals surface area contributed by atoms with E-state index in [-0.39, 0.29) is 22.1 Å². The number of anilines is 3.